The number of anilines is 1. The van der Waals surface area contributed by atoms with Crippen LogP contribution in [0.3, 0.4) is 0 Å². The zero-order valence-electron chi connectivity index (χ0n) is 13.9. The number of hydrogen-bond acceptors (Lipinski definition) is 5. The van der Waals surface area contributed by atoms with E-state index in [4.69, 9.17) is 14.2 Å². The molecule has 1 atom stereocenters. The molecular weight excluding hydrogens is 306 g/mol. The highest BCUT2D eigenvalue weighted by molar-refractivity contribution is 5.90. The zero-order valence-corrected chi connectivity index (χ0v) is 13.9. The van der Waals surface area contributed by atoms with E-state index in [1.807, 2.05) is 24.3 Å². The third-order valence-electron chi connectivity index (χ3n) is 4.15. The summed E-state index contributed by atoms with van der Waals surface area (Å²) in [5, 5.41) is 0. The van der Waals surface area contributed by atoms with Gasteiger partial charge in [0, 0.05) is 24.9 Å². The Hall–Kier alpha value is -2.53. The first-order chi connectivity index (χ1) is 11.7. The Balaban J connectivity index is 1.94. The van der Waals surface area contributed by atoms with Gasteiger partial charge in [-0.15, -0.1) is 0 Å². The highest BCUT2D eigenvalue weighted by atomic mass is 16.5. The topological polar surface area (TPSA) is 48.0 Å². The molecular formula is C19H21NO4. The van der Waals surface area contributed by atoms with Crippen LogP contribution in [-0.2, 0) is 16.0 Å². The van der Waals surface area contributed by atoms with Crippen molar-refractivity contribution in [1.29, 1.82) is 0 Å². The van der Waals surface area contributed by atoms with Crippen LogP contribution < -0.4 is 9.64 Å². The number of methoxy groups -OCH3 is 2. The molecule has 0 N–H and O–H groups in total. The van der Waals surface area contributed by atoms with E-state index < -0.39 is 0 Å². The first kappa shape index (κ1) is 16.3. The van der Waals surface area contributed by atoms with Crippen LogP contribution in [0.25, 0.3) is 0 Å². The van der Waals surface area contributed by atoms with E-state index in [1.165, 1.54) is 7.11 Å². The molecule has 0 amide bonds. The molecule has 2 aromatic carbocycles. The SMILES string of the molecule is COC[C@H]1COc2cc(C(=O)OC)ccc2CN1c1ccccc1. The summed E-state index contributed by atoms with van der Waals surface area (Å²) in [6.45, 7) is 1.74. The van der Waals surface area contributed by atoms with Gasteiger partial charge >= 0.3 is 5.97 Å². The minimum Gasteiger partial charge on any atom is -0.491 e. The maximum Gasteiger partial charge on any atom is 0.337 e. The van der Waals surface area contributed by atoms with E-state index in [1.54, 1.807) is 19.2 Å². The van der Waals surface area contributed by atoms with E-state index in [0.29, 0.717) is 25.3 Å². The summed E-state index contributed by atoms with van der Waals surface area (Å²) in [5.74, 6) is 0.358. The molecule has 1 aliphatic heterocycles. The molecule has 2 aromatic rings. The molecule has 0 unspecified atom stereocenters. The van der Waals surface area contributed by atoms with Gasteiger partial charge in [0.05, 0.1) is 25.3 Å². The van der Waals surface area contributed by atoms with Gasteiger partial charge in [-0.1, -0.05) is 24.3 Å². The van der Waals surface area contributed by atoms with Gasteiger partial charge in [-0.25, -0.2) is 4.79 Å². The third-order valence-corrected chi connectivity index (χ3v) is 4.15. The highest BCUT2D eigenvalue weighted by Gasteiger charge is 2.25. The van der Waals surface area contributed by atoms with Gasteiger partial charge in [0.2, 0.25) is 0 Å². The predicted molar refractivity (Wildman–Crippen MR) is 91.6 cm³/mol. The molecule has 5 heteroatoms. The second-order valence-corrected chi connectivity index (χ2v) is 5.70. The van der Waals surface area contributed by atoms with Crippen molar-refractivity contribution in [3.8, 4) is 5.75 Å². The van der Waals surface area contributed by atoms with E-state index in [-0.39, 0.29) is 12.0 Å². The van der Waals surface area contributed by atoms with Crippen LogP contribution in [0.15, 0.2) is 48.5 Å². The van der Waals surface area contributed by atoms with Crippen LogP contribution in [0, 0.1) is 0 Å². The monoisotopic (exact) mass is 327 g/mol. The van der Waals surface area contributed by atoms with Crippen LogP contribution in [0.4, 0.5) is 5.69 Å². The number of fused-ring (bicyclic) bond motifs is 1. The summed E-state index contributed by atoms with van der Waals surface area (Å²) in [4.78, 5) is 14.0. The van der Waals surface area contributed by atoms with Crippen LogP contribution in [0.2, 0.25) is 0 Å². The summed E-state index contributed by atoms with van der Waals surface area (Å²) >= 11 is 0. The summed E-state index contributed by atoms with van der Waals surface area (Å²) < 4.78 is 16.1. The smallest absolute Gasteiger partial charge is 0.337 e. The van der Waals surface area contributed by atoms with Crippen LogP contribution >= 0.6 is 0 Å². The molecule has 0 spiro atoms. The maximum atomic E-state index is 11.7. The van der Waals surface area contributed by atoms with Crippen molar-refractivity contribution in [1.82, 2.24) is 0 Å². The molecule has 0 aliphatic carbocycles. The van der Waals surface area contributed by atoms with Crippen molar-refractivity contribution in [2.45, 2.75) is 12.6 Å². The number of nitrogens with zero attached hydrogens (tertiary/aromatic N) is 1. The largest absolute Gasteiger partial charge is 0.491 e. The summed E-state index contributed by atoms with van der Waals surface area (Å²) in [5.41, 5.74) is 2.64. The van der Waals surface area contributed by atoms with E-state index in [9.17, 15) is 4.79 Å². The molecule has 1 aliphatic rings. The van der Waals surface area contributed by atoms with Gasteiger partial charge in [-0.05, 0) is 24.3 Å². The van der Waals surface area contributed by atoms with Gasteiger partial charge in [-0.3, -0.25) is 0 Å². The molecule has 1 heterocycles. The highest BCUT2D eigenvalue weighted by Crippen LogP contribution is 2.30. The second-order valence-electron chi connectivity index (χ2n) is 5.70. The number of hydrogen-bond donors (Lipinski definition) is 0. The Morgan fingerprint density at radius 2 is 2.00 bits per heavy atom. The molecule has 0 saturated heterocycles. The van der Waals surface area contributed by atoms with Crippen molar-refractivity contribution in [3.63, 3.8) is 0 Å². The molecule has 0 fully saturated rings. The van der Waals surface area contributed by atoms with E-state index >= 15 is 0 Å². The van der Waals surface area contributed by atoms with Crippen molar-refractivity contribution >= 4 is 11.7 Å². The molecule has 0 radical (unpaired) electrons. The first-order valence-electron chi connectivity index (χ1n) is 7.87. The standard InChI is InChI=1S/C19H21NO4/c1-22-12-17-13-24-18-10-14(19(21)23-2)8-9-15(18)11-20(17)16-6-4-3-5-7-16/h3-10,17H,11-13H2,1-2H3/t17-/m0/s1. The van der Waals surface area contributed by atoms with Gasteiger partial charge in [-0.2, -0.15) is 0 Å². The fraction of sp³-hybridized carbons (Fsp3) is 0.316. The second kappa shape index (κ2) is 7.36. The zero-order chi connectivity index (χ0) is 16.9. The summed E-state index contributed by atoms with van der Waals surface area (Å²) in [7, 11) is 3.07. The lowest BCUT2D eigenvalue weighted by Gasteiger charge is -2.30. The van der Waals surface area contributed by atoms with Crippen molar-refractivity contribution in [2.75, 3.05) is 32.3 Å². The molecule has 0 aromatic heterocycles. The van der Waals surface area contributed by atoms with Crippen molar-refractivity contribution in [2.24, 2.45) is 0 Å². The lowest BCUT2D eigenvalue weighted by atomic mass is 10.1. The summed E-state index contributed by atoms with van der Waals surface area (Å²) in [6.07, 6.45) is 0. The molecule has 0 bridgehead atoms. The Morgan fingerprint density at radius 3 is 2.71 bits per heavy atom. The number of ether oxygens (including phenoxy) is 3. The van der Waals surface area contributed by atoms with Gasteiger partial charge in [0.25, 0.3) is 0 Å². The molecule has 5 nitrogen and oxygen atoms in total. The van der Waals surface area contributed by atoms with Crippen molar-refractivity contribution in [3.05, 3.63) is 59.7 Å². The van der Waals surface area contributed by atoms with Crippen LogP contribution in [0.1, 0.15) is 15.9 Å². The summed E-state index contributed by atoms with van der Waals surface area (Å²) in [6, 6.07) is 15.7. The minimum absolute atomic E-state index is 0.0892. The fourth-order valence-corrected chi connectivity index (χ4v) is 2.90. The lowest BCUT2D eigenvalue weighted by Crippen LogP contribution is -2.40. The molecule has 3 rings (SSSR count). The normalized spacial score (nSPS) is 16.8. The number of esters is 1. The Labute approximate surface area is 141 Å². The first-order valence-corrected chi connectivity index (χ1v) is 7.87. The number of para-hydroxylation sites is 1. The Morgan fingerprint density at radius 1 is 1.21 bits per heavy atom. The number of carbonyl (C=O) groups is 1. The van der Waals surface area contributed by atoms with Gasteiger partial charge in [0.15, 0.2) is 0 Å². The third kappa shape index (κ3) is 3.36. The number of carbonyl (C=O) groups excluding carboxylic acids is 1. The van der Waals surface area contributed by atoms with E-state index in [2.05, 4.69) is 17.0 Å². The van der Waals surface area contributed by atoms with Crippen LogP contribution in [-0.4, -0.2) is 39.4 Å². The Kier molecular flexibility index (Phi) is 5.01. The fourth-order valence-electron chi connectivity index (χ4n) is 2.90. The van der Waals surface area contributed by atoms with E-state index in [0.717, 1.165) is 17.0 Å². The molecule has 0 saturated carbocycles. The van der Waals surface area contributed by atoms with Crippen molar-refractivity contribution < 1.29 is 19.0 Å². The quantitative estimate of drug-likeness (QED) is 0.808. The maximum absolute atomic E-state index is 11.7. The number of benzene rings is 2. The average Bonchev–Trinajstić information content (AvgIpc) is 2.81. The molecule has 24 heavy (non-hydrogen) atoms. The molecule has 126 valence electrons. The van der Waals surface area contributed by atoms with Gasteiger partial charge < -0.3 is 19.1 Å². The number of rotatable bonds is 4. The minimum atomic E-state index is -0.362. The van der Waals surface area contributed by atoms with Crippen LogP contribution in [0.5, 0.6) is 5.75 Å². The van der Waals surface area contributed by atoms with Gasteiger partial charge in [0.1, 0.15) is 12.4 Å². The Bertz CT molecular complexity index is 702. The average molecular weight is 327 g/mol. The predicted octanol–water partition coefficient (Wildman–Crippen LogP) is 2.89. The lowest BCUT2D eigenvalue weighted by molar-refractivity contribution is 0.0600.